The van der Waals surface area contributed by atoms with E-state index in [0.29, 0.717) is 18.8 Å². The van der Waals surface area contributed by atoms with Crippen molar-refractivity contribution in [3.63, 3.8) is 0 Å². The summed E-state index contributed by atoms with van der Waals surface area (Å²) in [6.07, 6.45) is 0.848. The Bertz CT molecular complexity index is 491. The van der Waals surface area contributed by atoms with Crippen LogP contribution in [0.2, 0.25) is 0 Å². The van der Waals surface area contributed by atoms with Gasteiger partial charge in [-0.1, -0.05) is 6.07 Å². The quantitative estimate of drug-likeness (QED) is 0.866. The van der Waals surface area contributed by atoms with Crippen LogP contribution in [0.5, 0.6) is 0 Å². The summed E-state index contributed by atoms with van der Waals surface area (Å²) in [4.78, 5) is 13.5. The van der Waals surface area contributed by atoms with Crippen molar-refractivity contribution >= 4 is 11.6 Å². The van der Waals surface area contributed by atoms with E-state index in [0.717, 1.165) is 12.0 Å². The monoisotopic (exact) mass is 280 g/mol. The highest BCUT2D eigenvalue weighted by molar-refractivity contribution is 5.82. The zero-order valence-electron chi connectivity index (χ0n) is 12.1. The molecule has 0 heterocycles. The summed E-state index contributed by atoms with van der Waals surface area (Å²) in [6, 6.07) is 5.01. The molecule has 0 radical (unpaired) electrons. The molecule has 1 amide bonds. The van der Waals surface area contributed by atoms with Crippen molar-refractivity contribution in [3.8, 4) is 0 Å². The number of nitrogens with one attached hydrogen (secondary N) is 1. The van der Waals surface area contributed by atoms with Crippen LogP contribution in [0, 0.1) is 11.7 Å². The van der Waals surface area contributed by atoms with Crippen LogP contribution in [0.3, 0.4) is 0 Å². The molecule has 1 fully saturated rings. The van der Waals surface area contributed by atoms with Gasteiger partial charge in [-0.3, -0.25) is 4.79 Å². The number of carbonyl (C=O) groups excluding carboxylic acids is 1. The van der Waals surface area contributed by atoms with E-state index in [4.69, 9.17) is 4.74 Å². The number of ether oxygens (including phenoxy) is 1. The molecule has 1 aromatic rings. The zero-order valence-corrected chi connectivity index (χ0v) is 12.1. The van der Waals surface area contributed by atoms with Crippen molar-refractivity contribution in [2.24, 2.45) is 5.92 Å². The second-order valence-corrected chi connectivity index (χ2v) is 5.23. The van der Waals surface area contributed by atoms with Crippen LogP contribution in [0.15, 0.2) is 18.2 Å². The molecule has 1 aromatic carbocycles. The molecule has 20 heavy (non-hydrogen) atoms. The third kappa shape index (κ3) is 3.48. The standard InChI is InChI=1S/C15H21FN2O2/c1-4-20-14-8-11(14)15(19)17-9-10-5-6-13(18(2)3)12(16)7-10/h5-7,11,14H,4,8-9H2,1-3H3,(H,17,19). The predicted molar refractivity (Wildman–Crippen MR) is 76.1 cm³/mol. The summed E-state index contributed by atoms with van der Waals surface area (Å²) >= 11 is 0. The third-order valence-corrected chi connectivity index (χ3v) is 3.41. The average molecular weight is 280 g/mol. The number of nitrogens with zero attached hydrogens (tertiary/aromatic N) is 1. The molecule has 2 atom stereocenters. The lowest BCUT2D eigenvalue weighted by Crippen LogP contribution is -2.26. The van der Waals surface area contributed by atoms with Gasteiger partial charge in [0, 0.05) is 27.2 Å². The number of carbonyl (C=O) groups is 1. The summed E-state index contributed by atoms with van der Waals surface area (Å²) in [6.45, 7) is 2.90. The van der Waals surface area contributed by atoms with Crippen molar-refractivity contribution < 1.29 is 13.9 Å². The Hall–Kier alpha value is -1.62. The Kier molecular flexibility index (Phi) is 4.60. The number of amides is 1. The summed E-state index contributed by atoms with van der Waals surface area (Å²) in [5.41, 5.74) is 1.30. The molecule has 2 rings (SSSR count). The van der Waals surface area contributed by atoms with Crippen molar-refractivity contribution in [2.75, 3.05) is 25.6 Å². The lowest BCUT2D eigenvalue weighted by Gasteiger charge is -2.14. The lowest BCUT2D eigenvalue weighted by atomic mass is 10.2. The fourth-order valence-electron chi connectivity index (χ4n) is 2.19. The van der Waals surface area contributed by atoms with Crippen LogP contribution >= 0.6 is 0 Å². The first-order valence-electron chi connectivity index (χ1n) is 6.88. The van der Waals surface area contributed by atoms with Crippen molar-refractivity contribution in [1.29, 1.82) is 0 Å². The summed E-state index contributed by atoms with van der Waals surface area (Å²) < 4.78 is 19.2. The lowest BCUT2D eigenvalue weighted by molar-refractivity contribution is -0.123. The molecule has 0 saturated heterocycles. The van der Waals surface area contributed by atoms with Crippen molar-refractivity contribution in [3.05, 3.63) is 29.6 Å². The van der Waals surface area contributed by atoms with E-state index in [9.17, 15) is 9.18 Å². The molecule has 0 spiro atoms. The molecular formula is C15H21FN2O2. The van der Waals surface area contributed by atoms with Gasteiger partial charge in [0.15, 0.2) is 0 Å². The maximum absolute atomic E-state index is 13.8. The van der Waals surface area contributed by atoms with E-state index < -0.39 is 0 Å². The number of halogens is 1. The molecule has 1 N–H and O–H groups in total. The third-order valence-electron chi connectivity index (χ3n) is 3.41. The molecule has 5 heteroatoms. The minimum atomic E-state index is -0.277. The normalized spacial score (nSPS) is 20.6. The van der Waals surface area contributed by atoms with Crippen LogP contribution in [-0.2, 0) is 16.1 Å². The maximum atomic E-state index is 13.8. The van der Waals surface area contributed by atoms with E-state index >= 15 is 0 Å². The molecule has 0 aromatic heterocycles. The Labute approximate surface area is 118 Å². The highest BCUT2D eigenvalue weighted by Gasteiger charge is 2.43. The Morgan fingerprint density at radius 1 is 1.50 bits per heavy atom. The number of hydrogen-bond acceptors (Lipinski definition) is 3. The smallest absolute Gasteiger partial charge is 0.226 e. The van der Waals surface area contributed by atoms with Gasteiger partial charge in [0.05, 0.1) is 17.7 Å². The molecule has 110 valence electrons. The number of benzene rings is 1. The number of anilines is 1. The van der Waals surface area contributed by atoms with Gasteiger partial charge in [0.1, 0.15) is 5.82 Å². The fourth-order valence-corrected chi connectivity index (χ4v) is 2.19. The van der Waals surface area contributed by atoms with Gasteiger partial charge in [-0.25, -0.2) is 4.39 Å². The zero-order chi connectivity index (χ0) is 14.7. The summed E-state index contributed by atoms with van der Waals surface area (Å²) in [7, 11) is 3.58. The molecule has 0 aliphatic heterocycles. The number of hydrogen-bond donors (Lipinski definition) is 1. The predicted octanol–water partition coefficient (Wildman–Crippen LogP) is 1.93. The number of rotatable bonds is 6. The van der Waals surface area contributed by atoms with E-state index in [1.807, 2.05) is 13.0 Å². The van der Waals surface area contributed by atoms with Gasteiger partial charge in [-0.2, -0.15) is 0 Å². The van der Waals surface area contributed by atoms with Crippen LogP contribution in [0.1, 0.15) is 18.9 Å². The first-order chi connectivity index (χ1) is 9.52. The highest BCUT2D eigenvalue weighted by atomic mass is 19.1. The van der Waals surface area contributed by atoms with Crippen LogP contribution in [0.25, 0.3) is 0 Å². The van der Waals surface area contributed by atoms with E-state index in [1.54, 1.807) is 25.1 Å². The molecule has 0 bridgehead atoms. The largest absolute Gasteiger partial charge is 0.378 e. The maximum Gasteiger partial charge on any atom is 0.226 e. The fraction of sp³-hybridized carbons (Fsp3) is 0.533. The average Bonchev–Trinajstić information content (AvgIpc) is 3.15. The van der Waals surface area contributed by atoms with Crippen molar-refractivity contribution in [1.82, 2.24) is 5.32 Å². The molecule has 1 saturated carbocycles. The topological polar surface area (TPSA) is 41.6 Å². The summed E-state index contributed by atoms with van der Waals surface area (Å²) in [5, 5.41) is 2.83. The van der Waals surface area contributed by atoms with Gasteiger partial charge in [-0.15, -0.1) is 0 Å². The molecule has 1 aliphatic rings. The second-order valence-electron chi connectivity index (χ2n) is 5.23. The minimum absolute atomic E-state index is 0.0134. The van der Waals surface area contributed by atoms with Crippen molar-refractivity contribution in [2.45, 2.75) is 26.0 Å². The molecule has 4 nitrogen and oxygen atoms in total. The Morgan fingerprint density at radius 3 is 2.85 bits per heavy atom. The van der Waals surface area contributed by atoms with Crippen LogP contribution in [0.4, 0.5) is 10.1 Å². The first-order valence-corrected chi connectivity index (χ1v) is 6.88. The first kappa shape index (κ1) is 14.8. The van der Waals surface area contributed by atoms with Crippen LogP contribution < -0.4 is 10.2 Å². The van der Waals surface area contributed by atoms with E-state index in [-0.39, 0.29) is 23.7 Å². The Morgan fingerprint density at radius 2 is 2.25 bits per heavy atom. The Balaban J connectivity index is 1.85. The van der Waals surface area contributed by atoms with Crippen LogP contribution in [-0.4, -0.2) is 32.7 Å². The molecular weight excluding hydrogens is 259 g/mol. The highest BCUT2D eigenvalue weighted by Crippen LogP contribution is 2.33. The minimum Gasteiger partial charge on any atom is -0.378 e. The SMILES string of the molecule is CCOC1CC1C(=O)NCc1ccc(N(C)C)c(F)c1. The summed E-state index contributed by atoms with van der Waals surface area (Å²) in [5.74, 6) is -0.332. The second kappa shape index (κ2) is 6.22. The van der Waals surface area contributed by atoms with Gasteiger partial charge in [-0.05, 0) is 31.0 Å². The van der Waals surface area contributed by atoms with Gasteiger partial charge in [0.25, 0.3) is 0 Å². The van der Waals surface area contributed by atoms with E-state index in [1.165, 1.54) is 6.07 Å². The van der Waals surface area contributed by atoms with Gasteiger partial charge >= 0.3 is 0 Å². The molecule has 1 aliphatic carbocycles. The van der Waals surface area contributed by atoms with Gasteiger partial charge in [0.2, 0.25) is 5.91 Å². The van der Waals surface area contributed by atoms with Gasteiger partial charge < -0.3 is 15.0 Å². The molecule has 2 unspecified atom stereocenters. The van der Waals surface area contributed by atoms with E-state index in [2.05, 4.69) is 5.32 Å².